The summed E-state index contributed by atoms with van der Waals surface area (Å²) < 4.78 is 1.15. The summed E-state index contributed by atoms with van der Waals surface area (Å²) in [4.78, 5) is 0. The van der Waals surface area contributed by atoms with E-state index in [1.54, 1.807) is 0 Å². The Labute approximate surface area is 124 Å². The molecule has 1 N–H and O–H groups in total. The molecule has 0 amide bonds. The van der Waals surface area contributed by atoms with E-state index < -0.39 is 0 Å². The summed E-state index contributed by atoms with van der Waals surface area (Å²) in [6, 6.07) is 10.8. The van der Waals surface area contributed by atoms with E-state index >= 15 is 0 Å². The third-order valence-corrected chi connectivity index (χ3v) is 4.87. The van der Waals surface area contributed by atoms with Crippen molar-refractivity contribution in [2.75, 3.05) is 13.1 Å². The van der Waals surface area contributed by atoms with Gasteiger partial charge in [-0.2, -0.15) is 5.26 Å². The Morgan fingerprint density at radius 2 is 2.05 bits per heavy atom. The van der Waals surface area contributed by atoms with E-state index in [0.29, 0.717) is 0 Å². The van der Waals surface area contributed by atoms with Crippen LogP contribution in [0.25, 0.3) is 0 Å². The quantitative estimate of drug-likeness (QED) is 0.889. The molecule has 1 fully saturated rings. The number of nitriles is 1. The van der Waals surface area contributed by atoms with Crippen molar-refractivity contribution >= 4 is 15.9 Å². The fraction of sp³-hybridized carbons (Fsp3) is 0.562. The van der Waals surface area contributed by atoms with Crippen LogP contribution in [0.3, 0.4) is 0 Å². The van der Waals surface area contributed by atoms with Gasteiger partial charge in [-0.15, -0.1) is 0 Å². The molecule has 3 heteroatoms. The lowest BCUT2D eigenvalue weighted by molar-refractivity contribution is 0.203. The van der Waals surface area contributed by atoms with Gasteiger partial charge >= 0.3 is 0 Å². The maximum Gasteiger partial charge on any atom is 0.0703 e. The van der Waals surface area contributed by atoms with Crippen molar-refractivity contribution in [3.63, 3.8) is 0 Å². The average Bonchev–Trinajstić information content (AvgIpc) is 2.33. The molecule has 2 rings (SSSR count). The van der Waals surface area contributed by atoms with Crippen molar-refractivity contribution < 1.29 is 0 Å². The summed E-state index contributed by atoms with van der Waals surface area (Å²) in [5, 5.41) is 12.7. The van der Waals surface area contributed by atoms with E-state index in [4.69, 9.17) is 0 Å². The van der Waals surface area contributed by atoms with Crippen LogP contribution in [-0.2, 0) is 5.41 Å². The van der Waals surface area contributed by atoms with Gasteiger partial charge in [0.05, 0.1) is 11.5 Å². The Bertz CT molecular complexity index is 484. The van der Waals surface area contributed by atoms with Gasteiger partial charge in [-0.1, -0.05) is 54.4 Å². The predicted molar refractivity (Wildman–Crippen MR) is 81.9 cm³/mol. The van der Waals surface area contributed by atoms with Crippen LogP contribution < -0.4 is 5.32 Å². The third kappa shape index (κ3) is 3.19. The number of rotatable bonds is 5. The van der Waals surface area contributed by atoms with Gasteiger partial charge in [0.25, 0.3) is 0 Å². The molecule has 19 heavy (non-hydrogen) atoms. The molecule has 0 spiro atoms. The molecule has 0 atom stereocenters. The molecule has 2 nitrogen and oxygen atoms in total. The van der Waals surface area contributed by atoms with Crippen LogP contribution in [0.2, 0.25) is 0 Å². The summed E-state index contributed by atoms with van der Waals surface area (Å²) in [6.45, 7) is 6.18. The van der Waals surface area contributed by atoms with Gasteiger partial charge in [0.2, 0.25) is 0 Å². The minimum atomic E-state index is -0.0933. The molecular weight excluding hydrogens is 300 g/mol. The first-order chi connectivity index (χ1) is 8.99. The molecule has 0 saturated heterocycles. The maximum absolute atomic E-state index is 9.23. The van der Waals surface area contributed by atoms with Crippen LogP contribution in [0.1, 0.15) is 38.7 Å². The fourth-order valence-electron chi connectivity index (χ4n) is 2.65. The van der Waals surface area contributed by atoms with E-state index in [1.165, 1.54) is 12.0 Å². The number of nitrogens with zero attached hydrogens (tertiary/aromatic N) is 1. The number of hydrogen-bond acceptors (Lipinski definition) is 2. The predicted octanol–water partition coefficient (Wildman–Crippen LogP) is 4.01. The second-order valence-corrected chi connectivity index (χ2v) is 7.07. The van der Waals surface area contributed by atoms with Crippen LogP contribution in [0, 0.1) is 16.7 Å². The normalized spacial score (nSPS) is 17.6. The SMILES string of the molecule is CC(C)(CNCC1(C#N)CCC1)c1ccccc1Br. The highest BCUT2D eigenvalue weighted by atomic mass is 79.9. The molecule has 0 bridgehead atoms. The number of hydrogen-bond donors (Lipinski definition) is 1. The smallest absolute Gasteiger partial charge is 0.0703 e. The fourth-order valence-corrected chi connectivity index (χ4v) is 3.47. The van der Waals surface area contributed by atoms with E-state index in [0.717, 1.165) is 30.4 Å². The lowest BCUT2D eigenvalue weighted by Crippen LogP contribution is -2.43. The molecule has 1 aliphatic carbocycles. The second-order valence-electron chi connectivity index (χ2n) is 6.21. The standard InChI is InChI=1S/C16H21BrN2/c1-15(2,13-6-3-4-7-14(13)17)11-19-12-16(10-18)8-5-9-16/h3-4,6-7,19H,5,8-9,11-12H2,1-2H3. The van der Waals surface area contributed by atoms with Crippen molar-refractivity contribution in [1.82, 2.24) is 5.32 Å². The second kappa shape index (κ2) is 5.64. The highest BCUT2D eigenvalue weighted by Gasteiger charge is 2.37. The van der Waals surface area contributed by atoms with Crippen LogP contribution in [-0.4, -0.2) is 13.1 Å². The Morgan fingerprint density at radius 1 is 1.37 bits per heavy atom. The summed E-state index contributed by atoms with van der Waals surface area (Å²) in [5.41, 5.74) is 1.27. The average molecular weight is 321 g/mol. The van der Waals surface area contributed by atoms with Crippen molar-refractivity contribution in [3.8, 4) is 6.07 Å². The molecule has 102 valence electrons. The van der Waals surface area contributed by atoms with Crippen molar-refractivity contribution in [3.05, 3.63) is 34.3 Å². The van der Waals surface area contributed by atoms with Gasteiger partial charge in [-0.3, -0.25) is 0 Å². The van der Waals surface area contributed by atoms with E-state index in [9.17, 15) is 5.26 Å². The Balaban J connectivity index is 1.95. The summed E-state index contributed by atoms with van der Waals surface area (Å²) >= 11 is 3.62. The first-order valence-corrected chi connectivity index (χ1v) is 7.65. The number of halogens is 1. The Hall–Kier alpha value is -0.850. The van der Waals surface area contributed by atoms with Crippen LogP contribution in [0.5, 0.6) is 0 Å². The van der Waals surface area contributed by atoms with E-state index in [-0.39, 0.29) is 10.8 Å². The van der Waals surface area contributed by atoms with Crippen LogP contribution in [0.15, 0.2) is 28.7 Å². The molecule has 0 aromatic heterocycles. The van der Waals surface area contributed by atoms with Gasteiger partial charge < -0.3 is 5.32 Å². The molecule has 1 aromatic rings. The number of nitrogens with one attached hydrogen (secondary N) is 1. The number of benzene rings is 1. The van der Waals surface area contributed by atoms with Gasteiger partial charge in [-0.25, -0.2) is 0 Å². The van der Waals surface area contributed by atoms with Crippen molar-refractivity contribution in [1.29, 1.82) is 5.26 Å². The van der Waals surface area contributed by atoms with Gasteiger partial charge in [0, 0.05) is 23.0 Å². The maximum atomic E-state index is 9.23. The van der Waals surface area contributed by atoms with E-state index in [1.807, 2.05) is 6.07 Å². The molecule has 0 unspecified atom stereocenters. The molecular formula is C16H21BrN2. The van der Waals surface area contributed by atoms with Crippen molar-refractivity contribution in [2.45, 2.75) is 38.5 Å². The largest absolute Gasteiger partial charge is 0.314 e. The summed E-state index contributed by atoms with van der Waals surface area (Å²) in [6.07, 6.45) is 3.29. The molecule has 0 heterocycles. The van der Waals surface area contributed by atoms with Gasteiger partial charge in [-0.05, 0) is 24.5 Å². The van der Waals surface area contributed by atoms with Crippen LogP contribution >= 0.6 is 15.9 Å². The lowest BCUT2D eigenvalue weighted by Gasteiger charge is -2.36. The first-order valence-electron chi connectivity index (χ1n) is 6.86. The monoisotopic (exact) mass is 320 g/mol. The lowest BCUT2D eigenvalue weighted by atomic mass is 9.70. The molecule has 0 radical (unpaired) electrons. The molecule has 1 aromatic carbocycles. The molecule has 1 saturated carbocycles. The van der Waals surface area contributed by atoms with Gasteiger partial charge in [0.15, 0.2) is 0 Å². The van der Waals surface area contributed by atoms with Crippen molar-refractivity contribution in [2.24, 2.45) is 5.41 Å². The summed E-state index contributed by atoms with van der Waals surface area (Å²) in [5.74, 6) is 0. The summed E-state index contributed by atoms with van der Waals surface area (Å²) in [7, 11) is 0. The zero-order valence-corrected chi connectivity index (χ0v) is 13.3. The molecule has 0 aliphatic heterocycles. The third-order valence-electron chi connectivity index (χ3n) is 4.18. The van der Waals surface area contributed by atoms with Crippen LogP contribution in [0.4, 0.5) is 0 Å². The highest BCUT2D eigenvalue weighted by molar-refractivity contribution is 9.10. The first kappa shape index (κ1) is 14.6. The Kier molecular flexibility index (Phi) is 4.32. The topological polar surface area (TPSA) is 35.8 Å². The zero-order valence-electron chi connectivity index (χ0n) is 11.7. The minimum absolute atomic E-state index is 0.0560. The van der Waals surface area contributed by atoms with E-state index in [2.05, 4.69) is 59.4 Å². The zero-order chi connectivity index (χ0) is 13.9. The Morgan fingerprint density at radius 3 is 2.58 bits per heavy atom. The highest BCUT2D eigenvalue weighted by Crippen LogP contribution is 2.39. The van der Waals surface area contributed by atoms with Gasteiger partial charge in [0.1, 0.15) is 0 Å². The minimum Gasteiger partial charge on any atom is -0.314 e. The molecule has 1 aliphatic rings.